The van der Waals surface area contributed by atoms with Gasteiger partial charge in [0.2, 0.25) is 5.91 Å². The van der Waals surface area contributed by atoms with Gasteiger partial charge in [-0.3, -0.25) is 14.5 Å². The average Bonchev–Trinajstić information content (AvgIpc) is 2.32. The summed E-state index contributed by atoms with van der Waals surface area (Å²) in [6.07, 6.45) is 0. The van der Waals surface area contributed by atoms with Gasteiger partial charge < -0.3 is 10.1 Å². The molecule has 110 valence electrons. The molecule has 0 saturated heterocycles. The van der Waals surface area contributed by atoms with E-state index in [9.17, 15) is 14.0 Å². The van der Waals surface area contributed by atoms with E-state index in [1.165, 1.54) is 17.0 Å². The van der Waals surface area contributed by atoms with Crippen LogP contribution in [0.4, 0.5) is 10.1 Å². The molecule has 1 N–H and O–H groups in total. The molecule has 7 heteroatoms. The number of rotatable bonds is 6. The number of nitrogens with one attached hydrogen (secondary N) is 1. The van der Waals surface area contributed by atoms with E-state index in [1.807, 2.05) is 0 Å². The molecule has 0 saturated carbocycles. The zero-order chi connectivity index (χ0) is 15.1. The van der Waals surface area contributed by atoms with Crippen LogP contribution in [0.5, 0.6) is 0 Å². The Morgan fingerprint density at radius 3 is 2.70 bits per heavy atom. The Kier molecular flexibility index (Phi) is 6.41. The highest BCUT2D eigenvalue weighted by molar-refractivity contribution is 6.33. The van der Waals surface area contributed by atoms with Crippen LogP contribution in [-0.2, 0) is 14.3 Å². The van der Waals surface area contributed by atoms with Crippen LogP contribution in [0.25, 0.3) is 0 Å². The summed E-state index contributed by atoms with van der Waals surface area (Å²) >= 11 is 5.79. The van der Waals surface area contributed by atoms with E-state index in [1.54, 1.807) is 14.0 Å². The van der Waals surface area contributed by atoms with E-state index < -0.39 is 11.8 Å². The molecule has 0 unspecified atom stereocenters. The van der Waals surface area contributed by atoms with Crippen LogP contribution < -0.4 is 5.32 Å². The number of hydrogen-bond acceptors (Lipinski definition) is 4. The molecule has 0 fully saturated rings. The zero-order valence-electron chi connectivity index (χ0n) is 11.3. The molecule has 0 aliphatic heterocycles. The molecule has 0 bridgehead atoms. The second kappa shape index (κ2) is 7.81. The fourth-order valence-electron chi connectivity index (χ4n) is 1.51. The van der Waals surface area contributed by atoms with E-state index in [0.29, 0.717) is 12.3 Å². The molecule has 0 atom stereocenters. The summed E-state index contributed by atoms with van der Waals surface area (Å²) in [5, 5.41) is 2.66. The van der Waals surface area contributed by atoms with Gasteiger partial charge in [0.1, 0.15) is 5.82 Å². The number of likely N-dealkylation sites (N-methyl/N-ethyl adjacent to an activating group) is 1. The molecular weight excluding hydrogens is 287 g/mol. The number of esters is 1. The number of amides is 1. The molecule has 1 aromatic rings. The molecule has 5 nitrogen and oxygen atoms in total. The van der Waals surface area contributed by atoms with Gasteiger partial charge >= 0.3 is 5.97 Å². The summed E-state index contributed by atoms with van der Waals surface area (Å²) < 4.78 is 17.6. The van der Waals surface area contributed by atoms with E-state index >= 15 is 0 Å². The molecule has 0 aliphatic rings. The maximum absolute atomic E-state index is 12.9. The number of halogens is 2. The lowest BCUT2D eigenvalue weighted by Crippen LogP contribution is -2.34. The van der Waals surface area contributed by atoms with Crippen molar-refractivity contribution in [1.29, 1.82) is 0 Å². The first-order valence-corrected chi connectivity index (χ1v) is 6.39. The number of nitrogens with zero attached hydrogens (tertiary/aromatic N) is 1. The van der Waals surface area contributed by atoms with Crippen LogP contribution in [0.15, 0.2) is 18.2 Å². The molecule has 0 aliphatic carbocycles. The highest BCUT2D eigenvalue weighted by Crippen LogP contribution is 2.22. The van der Waals surface area contributed by atoms with Crippen molar-refractivity contribution in [1.82, 2.24) is 4.90 Å². The second-order valence-corrected chi connectivity index (χ2v) is 4.56. The van der Waals surface area contributed by atoms with Gasteiger partial charge in [-0.15, -0.1) is 0 Å². The standard InChI is InChI=1S/C13H16ClFN2O3/c1-3-20-13(19)8-17(2)7-12(18)16-11-5-4-9(15)6-10(11)14/h4-6H,3,7-8H2,1-2H3,(H,16,18). The maximum atomic E-state index is 12.9. The first kappa shape index (κ1) is 16.4. The van der Waals surface area contributed by atoms with Gasteiger partial charge in [0.05, 0.1) is 30.4 Å². The molecule has 0 aromatic heterocycles. The number of hydrogen-bond donors (Lipinski definition) is 1. The van der Waals surface area contributed by atoms with Crippen molar-refractivity contribution < 1.29 is 18.7 Å². The van der Waals surface area contributed by atoms with Crippen molar-refractivity contribution in [2.24, 2.45) is 0 Å². The Bertz CT molecular complexity index is 497. The minimum Gasteiger partial charge on any atom is -0.465 e. The van der Waals surface area contributed by atoms with Gasteiger partial charge in [0.15, 0.2) is 0 Å². The van der Waals surface area contributed by atoms with Crippen LogP contribution in [0.3, 0.4) is 0 Å². The zero-order valence-corrected chi connectivity index (χ0v) is 12.0. The molecular formula is C13H16ClFN2O3. The Balaban J connectivity index is 2.49. The molecule has 1 aromatic carbocycles. The smallest absolute Gasteiger partial charge is 0.320 e. The van der Waals surface area contributed by atoms with Gasteiger partial charge in [0, 0.05) is 0 Å². The third-order valence-corrected chi connectivity index (χ3v) is 2.64. The highest BCUT2D eigenvalue weighted by Gasteiger charge is 2.12. The fraction of sp³-hybridized carbons (Fsp3) is 0.385. The van der Waals surface area contributed by atoms with Crippen LogP contribution in [0.1, 0.15) is 6.92 Å². The van der Waals surface area contributed by atoms with Crippen LogP contribution in [0, 0.1) is 5.82 Å². The normalized spacial score (nSPS) is 10.4. The van der Waals surface area contributed by atoms with Crippen LogP contribution in [0.2, 0.25) is 5.02 Å². The molecule has 0 spiro atoms. The quantitative estimate of drug-likeness (QED) is 0.816. The van der Waals surface area contributed by atoms with Gasteiger partial charge in [0.25, 0.3) is 0 Å². The lowest BCUT2D eigenvalue weighted by Gasteiger charge is -2.15. The number of carbonyl (C=O) groups is 2. The van der Waals surface area contributed by atoms with Crippen LogP contribution in [-0.4, -0.2) is 43.5 Å². The predicted molar refractivity (Wildman–Crippen MR) is 74.2 cm³/mol. The van der Waals surface area contributed by atoms with Crippen molar-refractivity contribution in [3.8, 4) is 0 Å². The summed E-state index contributed by atoms with van der Waals surface area (Å²) in [6.45, 7) is 2.01. The third kappa shape index (κ3) is 5.54. The minimum absolute atomic E-state index is 0.00742. The fourth-order valence-corrected chi connectivity index (χ4v) is 1.72. The molecule has 20 heavy (non-hydrogen) atoms. The van der Waals surface area contributed by atoms with Crippen molar-refractivity contribution in [2.45, 2.75) is 6.92 Å². The summed E-state index contributed by atoms with van der Waals surface area (Å²) in [5.74, 6) is -1.24. The van der Waals surface area contributed by atoms with Crippen LogP contribution >= 0.6 is 11.6 Å². The Labute approximate surface area is 121 Å². The largest absolute Gasteiger partial charge is 0.465 e. The van der Waals surface area contributed by atoms with Crippen molar-refractivity contribution in [3.05, 3.63) is 29.0 Å². The van der Waals surface area contributed by atoms with Crippen molar-refractivity contribution in [3.63, 3.8) is 0 Å². The predicted octanol–water partition coefficient (Wildman–Crippen LogP) is 1.91. The Morgan fingerprint density at radius 2 is 2.10 bits per heavy atom. The van der Waals surface area contributed by atoms with Gasteiger partial charge in [-0.25, -0.2) is 4.39 Å². The average molecular weight is 303 g/mol. The van der Waals surface area contributed by atoms with E-state index in [0.717, 1.165) is 6.07 Å². The SMILES string of the molecule is CCOC(=O)CN(C)CC(=O)Nc1ccc(F)cc1Cl. The summed E-state index contributed by atoms with van der Waals surface area (Å²) in [5.41, 5.74) is 0.322. The van der Waals surface area contributed by atoms with Gasteiger partial charge in [-0.1, -0.05) is 11.6 Å². The van der Waals surface area contributed by atoms with E-state index in [4.69, 9.17) is 16.3 Å². The van der Waals surface area contributed by atoms with Crippen molar-refractivity contribution in [2.75, 3.05) is 32.1 Å². The monoisotopic (exact) mass is 302 g/mol. The number of ether oxygens (including phenoxy) is 1. The first-order chi connectivity index (χ1) is 9.42. The lowest BCUT2D eigenvalue weighted by molar-refractivity contribution is -0.144. The molecule has 1 amide bonds. The van der Waals surface area contributed by atoms with E-state index in [-0.39, 0.29) is 24.0 Å². The Hall–Kier alpha value is -1.66. The number of carbonyl (C=O) groups excluding carboxylic acids is 2. The highest BCUT2D eigenvalue weighted by atomic mass is 35.5. The summed E-state index contributed by atoms with van der Waals surface area (Å²) in [4.78, 5) is 24.5. The lowest BCUT2D eigenvalue weighted by atomic mass is 10.3. The minimum atomic E-state index is -0.479. The molecule has 0 radical (unpaired) electrons. The van der Waals surface area contributed by atoms with Crippen molar-refractivity contribution >= 4 is 29.2 Å². The topological polar surface area (TPSA) is 58.6 Å². The third-order valence-electron chi connectivity index (χ3n) is 2.32. The second-order valence-electron chi connectivity index (χ2n) is 4.15. The maximum Gasteiger partial charge on any atom is 0.320 e. The number of benzene rings is 1. The summed E-state index contributed by atoms with van der Waals surface area (Å²) in [6, 6.07) is 3.68. The van der Waals surface area contributed by atoms with Gasteiger partial charge in [-0.05, 0) is 32.2 Å². The molecule has 1 rings (SSSR count). The molecule has 0 heterocycles. The Morgan fingerprint density at radius 1 is 1.40 bits per heavy atom. The van der Waals surface area contributed by atoms with E-state index in [2.05, 4.69) is 5.32 Å². The summed E-state index contributed by atoms with van der Waals surface area (Å²) in [7, 11) is 1.61. The number of anilines is 1. The first-order valence-electron chi connectivity index (χ1n) is 6.01. The van der Waals surface area contributed by atoms with Gasteiger partial charge in [-0.2, -0.15) is 0 Å².